The number of amides is 1. The number of H-pyrrole nitrogens is 1. The Bertz CT molecular complexity index is 1260. The van der Waals surface area contributed by atoms with Crippen LogP contribution >= 0.6 is 0 Å². The van der Waals surface area contributed by atoms with Gasteiger partial charge >= 0.3 is 5.69 Å². The van der Waals surface area contributed by atoms with Crippen LogP contribution in [0.1, 0.15) is 24.8 Å². The molecule has 1 amide bonds. The molecular formula is C24H27FN4O4. The number of piperidine rings is 1. The highest BCUT2D eigenvalue weighted by atomic mass is 19.1. The summed E-state index contributed by atoms with van der Waals surface area (Å²) < 4.78 is 20.3. The van der Waals surface area contributed by atoms with Crippen molar-refractivity contribution < 1.29 is 13.9 Å². The summed E-state index contributed by atoms with van der Waals surface area (Å²) in [5, 5.41) is 3.47. The smallest absolute Gasteiger partial charge is 0.328 e. The lowest BCUT2D eigenvalue weighted by Gasteiger charge is -2.32. The standard InChI is InChI=1S/C24H27FN4O4/c1-33-21-7-6-16(14-19(21)25)15-28-11-8-17(9-12-28)26-22(30)10-13-29-20-5-3-2-4-18(20)23(31)27-24(29)32/h2-7,14,17H,8-13,15H2,1H3,(H,26,30)(H,27,31,32). The van der Waals surface area contributed by atoms with E-state index in [0.717, 1.165) is 31.5 Å². The van der Waals surface area contributed by atoms with Crippen molar-refractivity contribution in [1.82, 2.24) is 19.8 Å². The van der Waals surface area contributed by atoms with Crippen molar-refractivity contribution in [3.63, 3.8) is 0 Å². The minimum absolute atomic E-state index is 0.0606. The number of aromatic nitrogens is 2. The van der Waals surface area contributed by atoms with Crippen LogP contribution in [0.2, 0.25) is 0 Å². The molecule has 8 nitrogen and oxygen atoms in total. The Morgan fingerprint density at radius 1 is 1.18 bits per heavy atom. The van der Waals surface area contributed by atoms with Crippen molar-refractivity contribution >= 4 is 16.8 Å². The van der Waals surface area contributed by atoms with Crippen molar-refractivity contribution in [2.45, 2.75) is 38.4 Å². The van der Waals surface area contributed by atoms with E-state index < -0.39 is 11.2 Å². The molecule has 33 heavy (non-hydrogen) atoms. The van der Waals surface area contributed by atoms with Crippen molar-refractivity contribution in [3.05, 3.63) is 74.7 Å². The van der Waals surface area contributed by atoms with Gasteiger partial charge in [0.1, 0.15) is 0 Å². The summed E-state index contributed by atoms with van der Waals surface area (Å²) in [4.78, 5) is 41.2. The van der Waals surface area contributed by atoms with E-state index in [9.17, 15) is 18.8 Å². The fraction of sp³-hybridized carbons (Fsp3) is 0.375. The SMILES string of the molecule is COc1ccc(CN2CCC(NC(=O)CCn3c(=O)[nH]c(=O)c4ccccc43)CC2)cc1F. The van der Waals surface area contributed by atoms with Gasteiger partial charge < -0.3 is 10.1 Å². The molecule has 0 unspecified atom stereocenters. The molecule has 0 spiro atoms. The predicted octanol–water partition coefficient (Wildman–Crippen LogP) is 2.01. The highest BCUT2D eigenvalue weighted by Gasteiger charge is 2.21. The fourth-order valence-corrected chi connectivity index (χ4v) is 4.28. The molecule has 9 heteroatoms. The van der Waals surface area contributed by atoms with Gasteiger partial charge in [-0.1, -0.05) is 18.2 Å². The Morgan fingerprint density at radius 3 is 2.67 bits per heavy atom. The Hall–Kier alpha value is -3.46. The van der Waals surface area contributed by atoms with Crippen LogP contribution in [0.4, 0.5) is 4.39 Å². The van der Waals surface area contributed by atoms with Gasteiger partial charge in [0.25, 0.3) is 5.56 Å². The molecular weight excluding hydrogens is 427 g/mol. The van der Waals surface area contributed by atoms with E-state index in [4.69, 9.17) is 4.74 Å². The van der Waals surface area contributed by atoms with Crippen LogP contribution in [-0.2, 0) is 17.9 Å². The number of benzene rings is 2. The normalized spacial score (nSPS) is 15.0. The second kappa shape index (κ2) is 9.99. The molecule has 1 aromatic heterocycles. The van der Waals surface area contributed by atoms with Crippen LogP contribution in [0, 0.1) is 5.82 Å². The maximum atomic E-state index is 13.9. The first-order chi connectivity index (χ1) is 15.9. The molecule has 4 rings (SSSR count). The number of rotatable bonds is 7. The number of aromatic amines is 1. The molecule has 0 saturated carbocycles. The van der Waals surface area contributed by atoms with E-state index in [-0.39, 0.29) is 36.5 Å². The number of hydrogen-bond acceptors (Lipinski definition) is 5. The van der Waals surface area contributed by atoms with Crippen LogP contribution in [0.15, 0.2) is 52.1 Å². The molecule has 1 saturated heterocycles. The van der Waals surface area contributed by atoms with E-state index in [1.165, 1.54) is 17.7 Å². The van der Waals surface area contributed by atoms with Gasteiger partial charge in [0, 0.05) is 38.6 Å². The second-order valence-corrected chi connectivity index (χ2v) is 8.26. The second-order valence-electron chi connectivity index (χ2n) is 8.26. The third-order valence-corrected chi connectivity index (χ3v) is 6.04. The van der Waals surface area contributed by atoms with Gasteiger partial charge in [-0.25, -0.2) is 9.18 Å². The molecule has 1 aliphatic heterocycles. The first-order valence-electron chi connectivity index (χ1n) is 11.0. The van der Waals surface area contributed by atoms with Gasteiger partial charge in [-0.15, -0.1) is 0 Å². The van der Waals surface area contributed by atoms with Gasteiger partial charge in [-0.2, -0.15) is 0 Å². The third-order valence-electron chi connectivity index (χ3n) is 6.04. The summed E-state index contributed by atoms with van der Waals surface area (Å²) in [6.45, 7) is 2.42. The number of carbonyl (C=O) groups excluding carboxylic acids is 1. The van der Waals surface area contributed by atoms with E-state index in [2.05, 4.69) is 15.2 Å². The molecule has 3 aromatic rings. The third kappa shape index (κ3) is 5.31. The summed E-state index contributed by atoms with van der Waals surface area (Å²) >= 11 is 0. The van der Waals surface area contributed by atoms with Crippen LogP contribution in [0.3, 0.4) is 0 Å². The zero-order valence-corrected chi connectivity index (χ0v) is 18.5. The van der Waals surface area contributed by atoms with Gasteiger partial charge in [0.05, 0.1) is 18.0 Å². The average molecular weight is 455 g/mol. The lowest BCUT2D eigenvalue weighted by atomic mass is 10.0. The van der Waals surface area contributed by atoms with Crippen LogP contribution in [0.5, 0.6) is 5.75 Å². The van der Waals surface area contributed by atoms with E-state index >= 15 is 0 Å². The lowest BCUT2D eigenvalue weighted by Crippen LogP contribution is -2.44. The molecule has 2 N–H and O–H groups in total. The van der Waals surface area contributed by atoms with Gasteiger partial charge in [-0.05, 0) is 42.7 Å². The van der Waals surface area contributed by atoms with Crippen LogP contribution < -0.4 is 21.3 Å². The average Bonchev–Trinajstić information content (AvgIpc) is 2.80. The quantitative estimate of drug-likeness (QED) is 0.569. The molecule has 0 atom stereocenters. The molecule has 2 aromatic carbocycles. The zero-order chi connectivity index (χ0) is 23.4. The predicted molar refractivity (Wildman–Crippen MR) is 123 cm³/mol. The van der Waals surface area contributed by atoms with Crippen LogP contribution in [0.25, 0.3) is 10.9 Å². The highest BCUT2D eigenvalue weighted by molar-refractivity contribution is 5.79. The topological polar surface area (TPSA) is 96.4 Å². The van der Waals surface area contributed by atoms with Crippen molar-refractivity contribution in [2.24, 2.45) is 0 Å². The summed E-state index contributed by atoms with van der Waals surface area (Å²) in [5.41, 5.74) is 0.451. The molecule has 0 aliphatic carbocycles. The number of ether oxygens (including phenoxy) is 1. The number of para-hydroxylation sites is 1. The summed E-state index contributed by atoms with van der Waals surface area (Å²) in [7, 11) is 1.44. The number of methoxy groups -OCH3 is 1. The number of hydrogen-bond donors (Lipinski definition) is 2. The summed E-state index contributed by atoms with van der Waals surface area (Å²) in [6, 6.07) is 11.9. The number of likely N-dealkylation sites (tertiary alicyclic amines) is 1. The number of nitrogens with zero attached hydrogens (tertiary/aromatic N) is 2. The number of aryl methyl sites for hydroxylation is 1. The monoisotopic (exact) mass is 454 g/mol. The Morgan fingerprint density at radius 2 is 1.94 bits per heavy atom. The van der Waals surface area contributed by atoms with Crippen molar-refractivity contribution in [3.8, 4) is 5.75 Å². The van der Waals surface area contributed by atoms with Gasteiger partial charge in [0.2, 0.25) is 5.91 Å². The first-order valence-corrected chi connectivity index (χ1v) is 11.0. The molecule has 1 fully saturated rings. The molecule has 2 heterocycles. The Kier molecular flexibility index (Phi) is 6.88. The number of carbonyl (C=O) groups is 1. The first kappa shape index (κ1) is 22.7. The molecule has 174 valence electrons. The highest BCUT2D eigenvalue weighted by Crippen LogP contribution is 2.20. The number of halogens is 1. The molecule has 1 aliphatic rings. The van der Waals surface area contributed by atoms with Gasteiger partial charge in [0.15, 0.2) is 11.6 Å². The van der Waals surface area contributed by atoms with E-state index in [0.29, 0.717) is 17.4 Å². The Balaban J connectivity index is 1.28. The molecule has 0 bridgehead atoms. The van der Waals surface area contributed by atoms with E-state index in [1.54, 1.807) is 30.3 Å². The minimum Gasteiger partial charge on any atom is -0.494 e. The van der Waals surface area contributed by atoms with Crippen molar-refractivity contribution in [1.29, 1.82) is 0 Å². The largest absolute Gasteiger partial charge is 0.494 e. The summed E-state index contributed by atoms with van der Waals surface area (Å²) in [5.74, 6) is -0.267. The number of nitrogens with one attached hydrogen (secondary N) is 2. The van der Waals surface area contributed by atoms with Crippen molar-refractivity contribution in [2.75, 3.05) is 20.2 Å². The zero-order valence-electron chi connectivity index (χ0n) is 18.5. The lowest BCUT2D eigenvalue weighted by molar-refractivity contribution is -0.122. The maximum Gasteiger partial charge on any atom is 0.328 e. The fourth-order valence-electron chi connectivity index (χ4n) is 4.28. The molecule has 0 radical (unpaired) electrons. The minimum atomic E-state index is -0.519. The van der Waals surface area contributed by atoms with Crippen LogP contribution in [-0.4, -0.2) is 46.6 Å². The maximum absolute atomic E-state index is 13.9. The Labute approximate surface area is 190 Å². The number of fused-ring (bicyclic) bond motifs is 1. The summed E-state index contributed by atoms with van der Waals surface area (Å²) in [6.07, 6.45) is 1.74. The van der Waals surface area contributed by atoms with E-state index in [1.807, 2.05) is 6.07 Å². The van der Waals surface area contributed by atoms with Gasteiger partial charge in [-0.3, -0.25) is 24.0 Å².